The number of carbonyl (C=O) groups excluding carboxylic acids is 1. The standard InChI is InChI=1S/C20H20N6OS2/c1-11(18(27)23-19-21-13-8-4-6-10-15(13)29-19)28-20-22-17-16(24-25-20)12-7-3-5-9-14(12)26(17)2/h3,5,7,9,11H,4,6,8,10H2,1-2H3,(H,21,23,27)/t11-/m0/s1. The molecular weight excluding hydrogens is 404 g/mol. The lowest BCUT2D eigenvalue weighted by Crippen LogP contribution is -2.22. The Bertz CT molecular complexity index is 1210. The molecule has 148 valence electrons. The monoisotopic (exact) mass is 424 g/mol. The molecule has 0 radical (unpaired) electrons. The maximum atomic E-state index is 12.7. The van der Waals surface area contributed by atoms with E-state index in [0.29, 0.717) is 10.3 Å². The van der Waals surface area contributed by atoms with Gasteiger partial charge in [-0.15, -0.1) is 21.5 Å². The van der Waals surface area contributed by atoms with Crippen molar-refractivity contribution in [2.24, 2.45) is 7.05 Å². The first kappa shape index (κ1) is 18.5. The smallest absolute Gasteiger partial charge is 0.239 e. The average molecular weight is 425 g/mol. The fourth-order valence-electron chi connectivity index (χ4n) is 3.67. The highest BCUT2D eigenvalue weighted by Crippen LogP contribution is 2.31. The number of benzene rings is 1. The number of para-hydroxylation sites is 1. The maximum absolute atomic E-state index is 12.7. The van der Waals surface area contributed by atoms with Crippen LogP contribution < -0.4 is 5.32 Å². The van der Waals surface area contributed by atoms with Gasteiger partial charge in [-0.1, -0.05) is 30.0 Å². The molecule has 1 aliphatic carbocycles. The summed E-state index contributed by atoms with van der Waals surface area (Å²) in [6.07, 6.45) is 4.46. The summed E-state index contributed by atoms with van der Waals surface area (Å²) >= 11 is 2.90. The van der Waals surface area contributed by atoms with Crippen molar-refractivity contribution in [3.63, 3.8) is 0 Å². The van der Waals surface area contributed by atoms with Crippen molar-refractivity contribution < 1.29 is 4.79 Å². The first-order valence-electron chi connectivity index (χ1n) is 9.64. The van der Waals surface area contributed by atoms with Crippen molar-refractivity contribution in [3.05, 3.63) is 34.8 Å². The Hall–Kier alpha value is -2.52. The highest BCUT2D eigenvalue weighted by Gasteiger charge is 2.21. The molecule has 0 bridgehead atoms. The molecule has 0 saturated heterocycles. The predicted octanol–water partition coefficient (Wildman–Crippen LogP) is 3.97. The minimum absolute atomic E-state index is 0.0955. The fraction of sp³-hybridized carbons (Fsp3) is 0.350. The molecule has 1 aromatic carbocycles. The van der Waals surface area contributed by atoms with Crippen LogP contribution in [0.15, 0.2) is 29.4 Å². The Morgan fingerprint density at radius 3 is 2.90 bits per heavy atom. The second-order valence-corrected chi connectivity index (χ2v) is 9.58. The second-order valence-electron chi connectivity index (χ2n) is 7.19. The Morgan fingerprint density at radius 2 is 2.03 bits per heavy atom. The van der Waals surface area contributed by atoms with Gasteiger partial charge in [-0.05, 0) is 38.7 Å². The zero-order chi connectivity index (χ0) is 20.0. The summed E-state index contributed by atoms with van der Waals surface area (Å²) in [7, 11) is 1.97. The van der Waals surface area contributed by atoms with Gasteiger partial charge in [0.15, 0.2) is 10.8 Å². The fourth-order valence-corrected chi connectivity index (χ4v) is 5.43. The van der Waals surface area contributed by atoms with Crippen LogP contribution in [0.3, 0.4) is 0 Å². The van der Waals surface area contributed by atoms with E-state index < -0.39 is 0 Å². The number of fused-ring (bicyclic) bond motifs is 4. The van der Waals surface area contributed by atoms with Gasteiger partial charge in [-0.3, -0.25) is 4.79 Å². The minimum Gasteiger partial charge on any atom is -0.327 e. The second kappa shape index (κ2) is 7.38. The summed E-state index contributed by atoms with van der Waals surface area (Å²) in [5.74, 6) is -0.0955. The summed E-state index contributed by atoms with van der Waals surface area (Å²) in [5, 5.41) is 13.4. The van der Waals surface area contributed by atoms with E-state index in [-0.39, 0.29) is 11.2 Å². The lowest BCUT2D eigenvalue weighted by atomic mass is 10.0. The van der Waals surface area contributed by atoms with Gasteiger partial charge in [0.2, 0.25) is 11.1 Å². The van der Waals surface area contributed by atoms with Crippen LogP contribution in [0.1, 0.15) is 30.3 Å². The van der Waals surface area contributed by atoms with Gasteiger partial charge < -0.3 is 9.88 Å². The SMILES string of the molecule is C[C@H](Sc1nnc2c3ccccc3n(C)c2n1)C(=O)Nc1nc2c(s1)CCCC2. The van der Waals surface area contributed by atoms with E-state index in [9.17, 15) is 4.79 Å². The number of amides is 1. The Balaban J connectivity index is 1.34. The lowest BCUT2D eigenvalue weighted by molar-refractivity contribution is -0.115. The van der Waals surface area contributed by atoms with Crippen molar-refractivity contribution in [2.75, 3.05) is 5.32 Å². The summed E-state index contributed by atoms with van der Waals surface area (Å²) in [4.78, 5) is 23.2. The molecule has 1 N–H and O–H groups in total. The topological polar surface area (TPSA) is 85.6 Å². The molecule has 0 unspecified atom stereocenters. The molecule has 1 atom stereocenters. The third-order valence-corrected chi connectivity index (χ3v) is 7.24. The number of carbonyl (C=O) groups is 1. The Kier molecular flexibility index (Phi) is 4.71. The molecule has 3 aromatic heterocycles. The molecular formula is C20H20N6OS2. The number of rotatable bonds is 4. The third-order valence-electron chi connectivity index (χ3n) is 5.21. The molecule has 9 heteroatoms. The van der Waals surface area contributed by atoms with Crippen molar-refractivity contribution in [1.82, 2.24) is 24.7 Å². The van der Waals surface area contributed by atoms with Crippen LogP contribution in [-0.2, 0) is 24.7 Å². The summed E-state index contributed by atoms with van der Waals surface area (Å²) in [6.45, 7) is 1.85. The highest BCUT2D eigenvalue weighted by molar-refractivity contribution is 8.00. The first-order valence-corrected chi connectivity index (χ1v) is 11.3. The Morgan fingerprint density at radius 1 is 1.21 bits per heavy atom. The molecule has 1 aliphatic rings. The van der Waals surface area contributed by atoms with E-state index in [2.05, 4.69) is 25.5 Å². The quantitative estimate of drug-likeness (QED) is 0.499. The molecule has 7 nitrogen and oxygen atoms in total. The lowest BCUT2D eigenvalue weighted by Gasteiger charge is -2.09. The van der Waals surface area contributed by atoms with E-state index in [1.807, 2.05) is 42.8 Å². The first-order chi connectivity index (χ1) is 14.1. The summed E-state index contributed by atoms with van der Waals surface area (Å²) in [6, 6.07) is 8.03. The van der Waals surface area contributed by atoms with Gasteiger partial charge in [0.05, 0.1) is 16.5 Å². The Labute approximate surface area is 176 Å². The largest absolute Gasteiger partial charge is 0.327 e. The minimum atomic E-state index is -0.357. The van der Waals surface area contributed by atoms with Crippen molar-refractivity contribution in [1.29, 1.82) is 0 Å². The molecule has 3 heterocycles. The van der Waals surface area contributed by atoms with Crippen LogP contribution in [-0.4, -0.2) is 35.9 Å². The van der Waals surface area contributed by atoms with Gasteiger partial charge in [0.1, 0.15) is 5.52 Å². The van der Waals surface area contributed by atoms with E-state index >= 15 is 0 Å². The van der Waals surface area contributed by atoms with Crippen LogP contribution in [0.5, 0.6) is 0 Å². The number of aromatic nitrogens is 5. The number of hydrogen-bond donors (Lipinski definition) is 1. The third kappa shape index (κ3) is 3.38. The number of nitrogens with zero attached hydrogens (tertiary/aromatic N) is 5. The molecule has 1 amide bonds. The van der Waals surface area contributed by atoms with Gasteiger partial charge in [-0.2, -0.15) is 0 Å². The highest BCUT2D eigenvalue weighted by atomic mass is 32.2. The molecule has 5 rings (SSSR count). The number of thiazole rings is 1. The predicted molar refractivity (Wildman–Crippen MR) is 117 cm³/mol. The zero-order valence-electron chi connectivity index (χ0n) is 16.2. The zero-order valence-corrected chi connectivity index (χ0v) is 17.8. The van der Waals surface area contributed by atoms with Crippen LogP contribution in [0.25, 0.3) is 22.1 Å². The molecule has 29 heavy (non-hydrogen) atoms. The van der Waals surface area contributed by atoms with Crippen molar-refractivity contribution >= 4 is 56.2 Å². The molecule has 0 saturated carbocycles. The van der Waals surface area contributed by atoms with Crippen LogP contribution in [0, 0.1) is 0 Å². The molecule has 0 fully saturated rings. The van der Waals surface area contributed by atoms with Crippen molar-refractivity contribution in [3.8, 4) is 0 Å². The van der Waals surface area contributed by atoms with Gasteiger partial charge in [0, 0.05) is 17.3 Å². The van der Waals surface area contributed by atoms with Crippen LogP contribution in [0.4, 0.5) is 5.13 Å². The van der Waals surface area contributed by atoms with Crippen LogP contribution in [0.2, 0.25) is 0 Å². The van der Waals surface area contributed by atoms with Crippen LogP contribution >= 0.6 is 23.1 Å². The number of nitrogens with one attached hydrogen (secondary N) is 1. The number of thioether (sulfide) groups is 1. The van der Waals surface area contributed by atoms with Gasteiger partial charge in [-0.25, -0.2) is 9.97 Å². The van der Waals surface area contributed by atoms with Gasteiger partial charge in [0.25, 0.3) is 0 Å². The molecule has 0 spiro atoms. The van der Waals surface area contributed by atoms with E-state index in [1.54, 1.807) is 11.3 Å². The number of hydrogen-bond acceptors (Lipinski definition) is 7. The maximum Gasteiger partial charge on any atom is 0.239 e. The molecule has 0 aliphatic heterocycles. The number of anilines is 1. The molecule has 4 aromatic rings. The van der Waals surface area contributed by atoms with E-state index in [1.165, 1.54) is 29.5 Å². The summed E-state index contributed by atoms with van der Waals surface area (Å²) < 4.78 is 2.01. The van der Waals surface area contributed by atoms with E-state index in [0.717, 1.165) is 40.6 Å². The van der Waals surface area contributed by atoms with Gasteiger partial charge >= 0.3 is 0 Å². The average Bonchev–Trinajstić information content (AvgIpc) is 3.27. The number of aryl methyl sites for hydroxylation is 3. The van der Waals surface area contributed by atoms with E-state index in [4.69, 9.17) is 0 Å². The normalized spacial score (nSPS) is 14.8. The summed E-state index contributed by atoms with van der Waals surface area (Å²) in [5.41, 5.74) is 3.75. The van der Waals surface area contributed by atoms with Crippen molar-refractivity contribution in [2.45, 2.75) is 43.0 Å².